The third-order valence-electron chi connectivity index (χ3n) is 14.6. The Morgan fingerprint density at radius 3 is 1.90 bits per heavy atom. The van der Waals surface area contributed by atoms with Gasteiger partial charge in [-0.15, -0.1) is 0 Å². The van der Waals surface area contributed by atoms with Crippen LogP contribution in [0.2, 0.25) is 0 Å². The molecule has 2 aliphatic heterocycles. The molecule has 2 saturated carbocycles. The number of amides is 1. The van der Waals surface area contributed by atoms with E-state index >= 15 is 4.79 Å². The molecule has 1 N–H and O–H groups in total. The molecule has 0 spiro atoms. The molecule has 7 nitrogen and oxygen atoms in total. The van der Waals surface area contributed by atoms with E-state index in [2.05, 4.69) is 155 Å². The Balaban J connectivity index is 1.45. The Kier molecular flexibility index (Phi) is 13.0. The van der Waals surface area contributed by atoms with Gasteiger partial charge in [-0.2, -0.15) is 0 Å². The van der Waals surface area contributed by atoms with Crippen molar-refractivity contribution >= 4 is 26.7 Å². The van der Waals surface area contributed by atoms with E-state index in [-0.39, 0.29) is 17.9 Å². The zero-order valence-electron chi connectivity index (χ0n) is 38.0. The van der Waals surface area contributed by atoms with Gasteiger partial charge in [0, 0.05) is 0 Å². The number of nitrogens with zero attached hydrogens (tertiary/aromatic N) is 4. The monoisotopic (exact) mass is 918 g/mol. The summed E-state index contributed by atoms with van der Waals surface area (Å²) in [6.07, 6.45) is 11.6. The number of hydrogen-bond acceptors (Lipinski definition) is 4. The summed E-state index contributed by atoms with van der Waals surface area (Å²) in [6, 6.07) is 44.0. The molecule has 5 aromatic carbocycles. The fraction of sp³-hybridized carbons (Fsp3) is 0.400. The molecule has 1 amide bonds. The van der Waals surface area contributed by atoms with Gasteiger partial charge >= 0.3 is 380 Å². The zero-order chi connectivity index (χ0) is 43.4. The maximum absolute atomic E-state index is 15.9. The van der Waals surface area contributed by atoms with Gasteiger partial charge in [-0.25, -0.2) is 0 Å². The van der Waals surface area contributed by atoms with E-state index in [0.29, 0.717) is 20.8 Å². The first kappa shape index (κ1) is 43.6. The van der Waals surface area contributed by atoms with Crippen LogP contribution in [0.15, 0.2) is 129 Å². The van der Waals surface area contributed by atoms with Crippen LogP contribution < -0.4 is 13.1 Å². The van der Waals surface area contributed by atoms with E-state index < -0.39 is 19.4 Å². The molecule has 8 heteroatoms. The Labute approximate surface area is 378 Å². The van der Waals surface area contributed by atoms with E-state index in [0.717, 1.165) is 67.1 Å². The van der Waals surface area contributed by atoms with E-state index in [1.54, 1.807) is 7.11 Å². The van der Waals surface area contributed by atoms with Crippen molar-refractivity contribution < 1.29 is 28.9 Å². The fourth-order valence-corrected chi connectivity index (χ4v) is 27.7. The molecular formula is C55H66N5O2Zr. The van der Waals surface area contributed by atoms with Gasteiger partial charge in [-0.05, 0) is 0 Å². The first-order chi connectivity index (χ1) is 30.7. The Bertz CT molecular complexity index is 2410. The van der Waals surface area contributed by atoms with Crippen molar-refractivity contribution in [3.63, 3.8) is 0 Å². The van der Waals surface area contributed by atoms with Gasteiger partial charge in [0.05, 0.1) is 0 Å². The number of benzene rings is 5. The van der Waals surface area contributed by atoms with Crippen LogP contribution in [0.25, 0.3) is 0 Å². The van der Waals surface area contributed by atoms with E-state index in [9.17, 15) is 0 Å². The van der Waals surface area contributed by atoms with Gasteiger partial charge in [0.2, 0.25) is 0 Å². The minimum atomic E-state index is -5.82. The summed E-state index contributed by atoms with van der Waals surface area (Å²) in [4.78, 5) is 27.2. The summed E-state index contributed by atoms with van der Waals surface area (Å²) in [7, 11) is 1.78. The van der Waals surface area contributed by atoms with Gasteiger partial charge in [-0.3, -0.25) is 0 Å². The van der Waals surface area contributed by atoms with Crippen LogP contribution in [0.3, 0.4) is 0 Å². The zero-order valence-corrected chi connectivity index (χ0v) is 40.4. The molecule has 9 rings (SSSR count). The van der Waals surface area contributed by atoms with Gasteiger partial charge in [-0.1, -0.05) is 0 Å². The van der Waals surface area contributed by atoms with Crippen molar-refractivity contribution in [1.29, 1.82) is 0 Å². The predicted molar refractivity (Wildman–Crippen MR) is 258 cm³/mol. The van der Waals surface area contributed by atoms with Crippen LogP contribution in [0.1, 0.15) is 119 Å². The van der Waals surface area contributed by atoms with Crippen LogP contribution in [0, 0.1) is 26.7 Å². The molecule has 0 bridgehead atoms. The number of ether oxygens (including phenoxy) is 1. The average molecular weight is 920 g/mol. The van der Waals surface area contributed by atoms with Crippen molar-refractivity contribution in [3.05, 3.63) is 166 Å². The molecule has 5 aromatic rings. The summed E-state index contributed by atoms with van der Waals surface area (Å²) >= 11 is -5.82. The Morgan fingerprint density at radius 1 is 0.683 bits per heavy atom. The number of carbonyl (C=O) groups excluding carboxylic acids is 1. The minimum absolute atomic E-state index is 0.000632. The molecule has 1 atom stereocenters. The molecule has 2 heterocycles. The van der Waals surface area contributed by atoms with Crippen LogP contribution in [0.5, 0.6) is 0 Å². The summed E-state index contributed by atoms with van der Waals surface area (Å²) in [5.41, 5.74) is 11.4. The van der Waals surface area contributed by atoms with Crippen molar-refractivity contribution in [2.75, 3.05) is 30.0 Å². The third-order valence-corrected chi connectivity index (χ3v) is 28.2. The Hall–Kier alpha value is -4.65. The summed E-state index contributed by atoms with van der Waals surface area (Å²) in [5.74, 6) is 1.24. The first-order valence-electron chi connectivity index (χ1n) is 23.8. The quantitative estimate of drug-likeness (QED) is 0.143. The number of carbonyl (C=O) groups is 1. The molecule has 63 heavy (non-hydrogen) atoms. The number of guanidine groups is 1. The Morgan fingerprint density at radius 2 is 1.25 bits per heavy atom. The average Bonchev–Trinajstić information content (AvgIpc) is 3.65. The van der Waals surface area contributed by atoms with Gasteiger partial charge in [0.15, 0.2) is 0 Å². The number of aliphatic imine (C=N–C) groups is 1. The maximum atomic E-state index is 15.9. The molecule has 2 aliphatic carbocycles. The van der Waals surface area contributed by atoms with Crippen molar-refractivity contribution in [2.45, 2.75) is 112 Å². The number of nitrogens with one attached hydrogen (secondary N) is 1. The second-order valence-electron chi connectivity index (χ2n) is 19.2. The standard InChI is InChI=1S/C21H29N2O.C20H24N3O.2C7H7.Zr/c22-21(24)19-14-8-7-13-18(19)20(16-9-3-1-4-10-16)15-23-17-11-5-2-6-12-17;1-14-11-15(2)19(16(3)12-14)23-10-9-22(20(23)21)18-8-6-5-7-17(18)13-24-4;2*1-7-5-3-2-4-6-7;/h7-8,13-14,16-17,20H,1-6,9-12H2,(H2,22,24);5-8,11-12H,9-10,13H2,1-4H3;2*2-6H,1H2;/q;-1;;;+2/p-1. The number of fused-ring (bicyclic) bond motifs is 1. The van der Waals surface area contributed by atoms with E-state index in [1.165, 1.54) is 75.4 Å². The van der Waals surface area contributed by atoms with E-state index in [1.807, 2.05) is 0 Å². The molecule has 1 unspecified atom stereocenters. The van der Waals surface area contributed by atoms with Gasteiger partial charge in [0.25, 0.3) is 0 Å². The number of rotatable bonds is 11. The van der Waals surface area contributed by atoms with Crippen LogP contribution in [0.4, 0.5) is 11.4 Å². The SMILES string of the molecule is COCc1ccccc1N1CCN(c2c(C)cc(C)cc2C)C1=[N][Zr]1([CH2]c2ccccc2)([CH2]c2ccccc2)[NH]C(=O)c2ccccc2C(C2CCCCC2)[C]1=NC1CCCCC1. The molecule has 0 radical (unpaired) electrons. The second-order valence-corrected chi connectivity index (χ2v) is 31.3. The molecule has 3 fully saturated rings. The molecule has 1 saturated heterocycles. The fourth-order valence-electron chi connectivity index (χ4n) is 12.0. The second kappa shape index (κ2) is 18.8. The third kappa shape index (κ3) is 8.79. The van der Waals surface area contributed by atoms with Crippen molar-refractivity contribution in [1.82, 2.24) is 3.26 Å². The number of hydrogen-bond donors (Lipinski definition) is 1. The molecule has 4 aliphatic rings. The molecule has 327 valence electrons. The van der Waals surface area contributed by atoms with Crippen molar-refractivity contribution in [2.24, 2.45) is 13.8 Å². The van der Waals surface area contributed by atoms with Gasteiger partial charge in [0.1, 0.15) is 0 Å². The summed E-state index contributed by atoms with van der Waals surface area (Å²) in [6.45, 7) is 8.66. The van der Waals surface area contributed by atoms with Crippen molar-refractivity contribution in [3.8, 4) is 0 Å². The number of methoxy groups -OCH3 is 1. The topological polar surface area (TPSA) is 69.5 Å². The van der Waals surface area contributed by atoms with E-state index in [4.69, 9.17) is 12.7 Å². The summed E-state index contributed by atoms with van der Waals surface area (Å²) in [5, 5.41) is 0. The normalized spacial score (nSPS) is 22.3. The number of para-hydroxylation sites is 1. The first-order valence-corrected chi connectivity index (χ1v) is 30.8. The number of anilines is 2. The summed E-state index contributed by atoms with van der Waals surface area (Å²) < 4.78 is 19.4. The predicted octanol–water partition coefficient (Wildman–Crippen LogP) is 12.2. The van der Waals surface area contributed by atoms with Gasteiger partial charge < -0.3 is 0 Å². The molecule has 0 aromatic heterocycles. The van der Waals surface area contributed by atoms with Crippen LogP contribution >= 0.6 is 0 Å². The molecular weight excluding hydrogens is 854 g/mol. The van der Waals surface area contributed by atoms with Crippen LogP contribution in [-0.4, -0.2) is 41.5 Å². The number of aryl methyl sites for hydroxylation is 3. The van der Waals surface area contributed by atoms with Crippen LogP contribution in [-0.2, 0) is 39.0 Å².